The van der Waals surface area contributed by atoms with Crippen LogP contribution in [0.1, 0.15) is 32.6 Å². The van der Waals surface area contributed by atoms with E-state index in [-0.39, 0.29) is 23.5 Å². The van der Waals surface area contributed by atoms with Gasteiger partial charge < -0.3 is 19.8 Å². The van der Waals surface area contributed by atoms with Crippen molar-refractivity contribution < 1.29 is 9.90 Å². The minimum absolute atomic E-state index is 0.163. The fourth-order valence-electron chi connectivity index (χ4n) is 5.41. The number of piperidine rings is 1. The zero-order chi connectivity index (χ0) is 22.1. The van der Waals surface area contributed by atoms with Crippen LogP contribution in [0.4, 0.5) is 5.69 Å². The van der Waals surface area contributed by atoms with Crippen LogP contribution < -0.4 is 4.90 Å². The van der Waals surface area contributed by atoms with Gasteiger partial charge in [0.2, 0.25) is 5.91 Å². The number of hydrogen-bond acceptors (Lipinski definition) is 5. The van der Waals surface area contributed by atoms with Crippen LogP contribution in [0.25, 0.3) is 11.1 Å². The van der Waals surface area contributed by atoms with E-state index in [0.717, 1.165) is 68.9 Å². The average Bonchev–Trinajstić information content (AvgIpc) is 3.61. The Kier molecular flexibility index (Phi) is 5.91. The molecule has 170 valence electrons. The second kappa shape index (κ2) is 8.83. The minimum Gasteiger partial charge on any atom is -0.391 e. The molecule has 1 aromatic heterocycles. The highest BCUT2D eigenvalue weighted by molar-refractivity contribution is 5.86. The highest BCUT2D eigenvalue weighted by atomic mass is 16.3. The number of carbonyl (C=O) groups excluding carboxylic acids is 1. The molecular formula is C26H34N4O2. The quantitative estimate of drug-likeness (QED) is 0.757. The van der Waals surface area contributed by atoms with Crippen LogP contribution in [0.2, 0.25) is 0 Å². The van der Waals surface area contributed by atoms with E-state index in [0.29, 0.717) is 0 Å². The number of aliphatic hydroxyl groups excluding tert-OH is 1. The number of pyridine rings is 1. The monoisotopic (exact) mass is 434 g/mol. The van der Waals surface area contributed by atoms with Crippen molar-refractivity contribution >= 4 is 11.6 Å². The van der Waals surface area contributed by atoms with Gasteiger partial charge in [0, 0.05) is 49.8 Å². The first kappa shape index (κ1) is 21.4. The van der Waals surface area contributed by atoms with E-state index in [1.54, 1.807) is 6.20 Å². The molecular weight excluding hydrogens is 400 g/mol. The first-order valence-corrected chi connectivity index (χ1v) is 12.0. The molecule has 3 heterocycles. The molecule has 0 radical (unpaired) electrons. The zero-order valence-electron chi connectivity index (χ0n) is 19.0. The van der Waals surface area contributed by atoms with Crippen LogP contribution in [-0.4, -0.2) is 77.2 Å². The largest absolute Gasteiger partial charge is 0.391 e. The van der Waals surface area contributed by atoms with Crippen molar-refractivity contribution in [3.05, 3.63) is 48.8 Å². The summed E-state index contributed by atoms with van der Waals surface area (Å²) in [6.07, 6.45) is 7.98. The van der Waals surface area contributed by atoms with E-state index in [2.05, 4.69) is 45.1 Å². The third-order valence-electron chi connectivity index (χ3n) is 7.78. The molecule has 2 atom stereocenters. The van der Waals surface area contributed by atoms with E-state index in [4.69, 9.17) is 0 Å². The maximum absolute atomic E-state index is 13.1. The molecule has 2 saturated heterocycles. The number of aliphatic hydroxyl groups is 1. The molecule has 3 aliphatic rings. The van der Waals surface area contributed by atoms with E-state index >= 15 is 0 Å². The van der Waals surface area contributed by atoms with Crippen molar-refractivity contribution in [2.24, 2.45) is 5.41 Å². The van der Waals surface area contributed by atoms with E-state index in [1.165, 1.54) is 12.8 Å². The number of carbonyl (C=O) groups is 1. The number of anilines is 1. The number of piperazine rings is 1. The second-order valence-electron chi connectivity index (χ2n) is 9.77. The molecule has 2 aromatic rings. The SMILES string of the molecule is CC1C(=O)N(CCCN2CCC3(CC3)[C@H](O)C2)CCN1c1cccc(-c2cccnc2)c1. The van der Waals surface area contributed by atoms with Crippen molar-refractivity contribution in [2.75, 3.05) is 44.2 Å². The number of rotatable bonds is 6. The summed E-state index contributed by atoms with van der Waals surface area (Å²) in [6.45, 7) is 7.25. The minimum atomic E-state index is -0.167. The molecule has 1 aromatic carbocycles. The van der Waals surface area contributed by atoms with Crippen molar-refractivity contribution in [1.29, 1.82) is 0 Å². The van der Waals surface area contributed by atoms with Crippen molar-refractivity contribution in [3.63, 3.8) is 0 Å². The van der Waals surface area contributed by atoms with E-state index in [9.17, 15) is 9.90 Å². The lowest BCUT2D eigenvalue weighted by molar-refractivity contribution is -0.134. The van der Waals surface area contributed by atoms with Crippen molar-refractivity contribution in [2.45, 2.75) is 44.8 Å². The van der Waals surface area contributed by atoms with Gasteiger partial charge in [-0.15, -0.1) is 0 Å². The number of aromatic nitrogens is 1. The third-order valence-corrected chi connectivity index (χ3v) is 7.78. The van der Waals surface area contributed by atoms with Gasteiger partial charge in [-0.1, -0.05) is 18.2 Å². The zero-order valence-corrected chi connectivity index (χ0v) is 19.0. The molecule has 1 aliphatic carbocycles. The van der Waals surface area contributed by atoms with Crippen molar-refractivity contribution in [3.8, 4) is 11.1 Å². The molecule has 1 amide bonds. The van der Waals surface area contributed by atoms with E-state index < -0.39 is 0 Å². The molecule has 6 heteroatoms. The molecule has 1 spiro atoms. The average molecular weight is 435 g/mol. The van der Waals surface area contributed by atoms with Gasteiger partial charge in [-0.05, 0) is 74.9 Å². The number of amides is 1. The Morgan fingerprint density at radius 1 is 1.06 bits per heavy atom. The number of hydrogen-bond donors (Lipinski definition) is 1. The fourth-order valence-corrected chi connectivity index (χ4v) is 5.41. The Morgan fingerprint density at radius 3 is 2.66 bits per heavy atom. The van der Waals surface area contributed by atoms with Crippen LogP contribution in [0, 0.1) is 5.41 Å². The number of benzene rings is 1. The molecule has 32 heavy (non-hydrogen) atoms. The molecule has 3 fully saturated rings. The van der Waals surface area contributed by atoms with Crippen LogP contribution in [0.3, 0.4) is 0 Å². The highest BCUT2D eigenvalue weighted by Gasteiger charge is 2.51. The normalized spacial score (nSPS) is 25.4. The van der Waals surface area contributed by atoms with Gasteiger partial charge in [0.25, 0.3) is 0 Å². The highest BCUT2D eigenvalue weighted by Crippen LogP contribution is 2.53. The van der Waals surface area contributed by atoms with Gasteiger partial charge in [0.15, 0.2) is 0 Å². The summed E-state index contributed by atoms with van der Waals surface area (Å²) >= 11 is 0. The molecule has 1 N–H and O–H groups in total. The predicted molar refractivity (Wildman–Crippen MR) is 126 cm³/mol. The number of nitrogens with zero attached hydrogens (tertiary/aromatic N) is 4. The number of β-amino-alcohol motifs (C(OH)–C–C–N with tert-alkyl or cyclic N) is 1. The smallest absolute Gasteiger partial charge is 0.245 e. The van der Waals surface area contributed by atoms with E-state index in [1.807, 2.05) is 24.1 Å². The Labute approximate surface area is 190 Å². The van der Waals surface area contributed by atoms with Crippen molar-refractivity contribution in [1.82, 2.24) is 14.8 Å². The maximum Gasteiger partial charge on any atom is 0.245 e. The summed E-state index contributed by atoms with van der Waals surface area (Å²) in [6, 6.07) is 12.2. The lowest BCUT2D eigenvalue weighted by atomic mass is 9.90. The molecule has 2 aliphatic heterocycles. The molecule has 1 saturated carbocycles. The summed E-state index contributed by atoms with van der Waals surface area (Å²) in [4.78, 5) is 24.0. The molecule has 0 bridgehead atoms. The Hall–Kier alpha value is -2.44. The maximum atomic E-state index is 13.1. The summed E-state index contributed by atoms with van der Waals surface area (Å²) in [5.41, 5.74) is 3.55. The Bertz CT molecular complexity index is 946. The van der Waals surface area contributed by atoms with Gasteiger partial charge in [0.05, 0.1) is 6.10 Å². The summed E-state index contributed by atoms with van der Waals surface area (Å²) in [5.74, 6) is 0.207. The van der Waals surface area contributed by atoms with Gasteiger partial charge in [-0.2, -0.15) is 0 Å². The summed E-state index contributed by atoms with van der Waals surface area (Å²) < 4.78 is 0. The molecule has 5 rings (SSSR count). The lowest BCUT2D eigenvalue weighted by Gasteiger charge is -2.41. The second-order valence-corrected chi connectivity index (χ2v) is 9.77. The van der Waals surface area contributed by atoms with Gasteiger partial charge in [-0.3, -0.25) is 9.78 Å². The van der Waals surface area contributed by atoms with Crippen LogP contribution in [0.15, 0.2) is 48.8 Å². The van der Waals surface area contributed by atoms with Crippen LogP contribution in [-0.2, 0) is 4.79 Å². The lowest BCUT2D eigenvalue weighted by Crippen LogP contribution is -2.56. The summed E-state index contributed by atoms with van der Waals surface area (Å²) in [7, 11) is 0. The molecule has 1 unspecified atom stereocenters. The number of likely N-dealkylation sites (tertiary alicyclic amines) is 1. The van der Waals surface area contributed by atoms with Crippen LogP contribution in [0.5, 0.6) is 0 Å². The predicted octanol–water partition coefficient (Wildman–Crippen LogP) is 3.02. The standard InChI is InChI=1S/C26H34N4O2/c1-20-25(32)29(13-4-12-28-14-10-26(8-9-26)24(31)19-28)15-16-30(20)23-7-2-5-21(17-23)22-6-3-11-27-18-22/h2-3,5-7,11,17-18,20,24,31H,4,8-10,12-16,19H2,1H3/t20?,24-/m1/s1. The van der Waals surface area contributed by atoms with Gasteiger partial charge in [-0.25, -0.2) is 0 Å². The Balaban J connectivity index is 1.15. The first-order chi connectivity index (χ1) is 15.6. The Morgan fingerprint density at radius 2 is 1.91 bits per heavy atom. The van der Waals surface area contributed by atoms with Gasteiger partial charge >= 0.3 is 0 Å². The summed E-state index contributed by atoms with van der Waals surface area (Å²) in [5, 5.41) is 10.4. The topological polar surface area (TPSA) is 59.9 Å². The van der Waals surface area contributed by atoms with Crippen LogP contribution >= 0.6 is 0 Å². The fraction of sp³-hybridized carbons (Fsp3) is 0.538. The van der Waals surface area contributed by atoms with Gasteiger partial charge in [0.1, 0.15) is 6.04 Å². The third kappa shape index (κ3) is 4.26. The first-order valence-electron chi connectivity index (χ1n) is 12.0. The molecule has 6 nitrogen and oxygen atoms in total.